The lowest BCUT2D eigenvalue weighted by Crippen LogP contribution is -2.19. The first-order valence-corrected chi connectivity index (χ1v) is 11.4. The minimum absolute atomic E-state index is 0. The van der Waals surface area contributed by atoms with Gasteiger partial charge in [0.15, 0.2) is 0 Å². The summed E-state index contributed by atoms with van der Waals surface area (Å²) in [6, 6.07) is 0. The maximum atomic E-state index is 2.43. The Morgan fingerprint density at radius 3 is 1.12 bits per heavy atom. The van der Waals surface area contributed by atoms with Crippen LogP contribution in [0.2, 0.25) is 0 Å². The molecular weight excluding hydrogens is 300 g/mol. The normalized spacial score (nSPS) is 28.8. The third-order valence-electron chi connectivity index (χ3n) is 6.25. The average molecular weight is 355 g/mol. The van der Waals surface area contributed by atoms with Gasteiger partial charge in [-0.05, 0) is 36.0 Å². The van der Waals surface area contributed by atoms with Crippen molar-refractivity contribution in [2.45, 2.75) is 133 Å². The van der Waals surface area contributed by atoms with E-state index >= 15 is 0 Å². The quantitative estimate of drug-likeness (QED) is 0.471. The van der Waals surface area contributed by atoms with Gasteiger partial charge >= 0.3 is 0 Å². The maximum absolute atomic E-state index is 2.43. The topological polar surface area (TPSA) is 0 Å². The van der Waals surface area contributed by atoms with Crippen molar-refractivity contribution < 1.29 is 0 Å². The molecule has 0 atom stereocenters. The number of hydrogen-bond acceptors (Lipinski definition) is 0. The first kappa shape index (κ1) is 27.2. The fourth-order valence-electron chi connectivity index (χ4n) is 3.60. The van der Waals surface area contributed by atoms with E-state index in [0.717, 1.165) is 29.6 Å². The SMILES string of the molecule is C.CC1CCC(CC2CCC(C)CC2)CC1.CCC(C)C.CCCC. The Morgan fingerprint density at radius 2 is 0.920 bits per heavy atom. The van der Waals surface area contributed by atoms with Gasteiger partial charge in [-0.15, -0.1) is 0 Å². The van der Waals surface area contributed by atoms with E-state index in [1.165, 1.54) is 70.6 Å². The summed E-state index contributed by atoms with van der Waals surface area (Å²) in [4.78, 5) is 0. The predicted molar refractivity (Wildman–Crippen MR) is 119 cm³/mol. The van der Waals surface area contributed by atoms with Crippen molar-refractivity contribution in [3.05, 3.63) is 0 Å². The van der Waals surface area contributed by atoms with Crippen LogP contribution in [0.25, 0.3) is 0 Å². The lowest BCUT2D eigenvalue weighted by molar-refractivity contribution is 0.201. The van der Waals surface area contributed by atoms with Crippen LogP contribution in [0.5, 0.6) is 0 Å². The molecule has 2 aliphatic rings. The molecule has 2 fully saturated rings. The van der Waals surface area contributed by atoms with Crippen molar-refractivity contribution in [1.82, 2.24) is 0 Å². The molecule has 2 rings (SSSR count). The molecule has 0 radical (unpaired) electrons. The zero-order valence-electron chi connectivity index (χ0n) is 18.4. The van der Waals surface area contributed by atoms with E-state index < -0.39 is 0 Å². The largest absolute Gasteiger partial charge is 0.0776 e. The first-order valence-electron chi connectivity index (χ1n) is 11.4. The van der Waals surface area contributed by atoms with Gasteiger partial charge in [-0.25, -0.2) is 0 Å². The van der Waals surface area contributed by atoms with Crippen LogP contribution in [0.1, 0.15) is 133 Å². The second-order valence-electron chi connectivity index (χ2n) is 9.29. The lowest BCUT2D eigenvalue weighted by atomic mass is 9.74. The van der Waals surface area contributed by atoms with E-state index in [9.17, 15) is 0 Å². The summed E-state index contributed by atoms with van der Waals surface area (Å²) in [5, 5.41) is 0. The highest BCUT2D eigenvalue weighted by Crippen LogP contribution is 2.37. The number of rotatable bonds is 4. The molecule has 25 heavy (non-hydrogen) atoms. The monoisotopic (exact) mass is 354 g/mol. The summed E-state index contributed by atoms with van der Waals surface area (Å²) >= 11 is 0. The summed E-state index contributed by atoms with van der Waals surface area (Å²) in [5.41, 5.74) is 0. The van der Waals surface area contributed by atoms with Gasteiger partial charge in [0.2, 0.25) is 0 Å². The predicted octanol–water partition coefficient (Wildman–Crippen LogP) is 9.52. The molecule has 0 aromatic heterocycles. The second kappa shape index (κ2) is 17.4. The van der Waals surface area contributed by atoms with Gasteiger partial charge in [0, 0.05) is 0 Å². The van der Waals surface area contributed by atoms with E-state index in [4.69, 9.17) is 0 Å². The zero-order valence-corrected chi connectivity index (χ0v) is 18.4. The fourth-order valence-corrected chi connectivity index (χ4v) is 3.60. The fraction of sp³-hybridized carbons (Fsp3) is 1.00. The van der Waals surface area contributed by atoms with E-state index in [-0.39, 0.29) is 7.43 Å². The van der Waals surface area contributed by atoms with Crippen molar-refractivity contribution in [2.24, 2.45) is 29.6 Å². The van der Waals surface area contributed by atoms with E-state index in [2.05, 4.69) is 48.5 Å². The van der Waals surface area contributed by atoms with Crippen molar-refractivity contribution in [1.29, 1.82) is 0 Å². The smallest absolute Gasteiger partial charge is 0.0411 e. The van der Waals surface area contributed by atoms with Gasteiger partial charge in [-0.2, -0.15) is 0 Å². The lowest BCUT2D eigenvalue weighted by Gasteiger charge is -2.32. The van der Waals surface area contributed by atoms with Crippen molar-refractivity contribution in [2.75, 3.05) is 0 Å². The van der Waals surface area contributed by atoms with Crippen LogP contribution in [0, 0.1) is 29.6 Å². The average Bonchev–Trinajstić information content (AvgIpc) is 2.59. The number of unbranched alkanes of at least 4 members (excludes halogenated alkanes) is 1. The molecule has 0 amide bonds. The molecular formula is C25H54. The third kappa shape index (κ3) is 15.9. The Bertz CT molecular complexity index is 217. The molecule has 0 saturated heterocycles. The van der Waals surface area contributed by atoms with E-state index in [1.54, 1.807) is 6.42 Å². The molecule has 0 aliphatic heterocycles. The molecule has 0 nitrogen and oxygen atoms in total. The minimum Gasteiger partial charge on any atom is -0.0776 e. The van der Waals surface area contributed by atoms with E-state index in [0.29, 0.717) is 0 Å². The Balaban J connectivity index is 0. The Labute approximate surface area is 163 Å². The molecule has 2 saturated carbocycles. The Hall–Kier alpha value is 0. The highest BCUT2D eigenvalue weighted by Gasteiger charge is 2.24. The van der Waals surface area contributed by atoms with Gasteiger partial charge in [0.25, 0.3) is 0 Å². The molecule has 0 aromatic rings. The molecule has 0 aromatic carbocycles. The minimum atomic E-state index is 0. The maximum Gasteiger partial charge on any atom is -0.0411 e. The molecule has 0 heteroatoms. The van der Waals surface area contributed by atoms with Gasteiger partial charge in [-0.1, -0.05) is 127 Å². The highest BCUT2D eigenvalue weighted by molar-refractivity contribution is 4.76. The van der Waals surface area contributed by atoms with Crippen LogP contribution in [-0.2, 0) is 0 Å². The van der Waals surface area contributed by atoms with Crippen LogP contribution < -0.4 is 0 Å². The molecule has 0 N–H and O–H groups in total. The van der Waals surface area contributed by atoms with Gasteiger partial charge in [-0.3, -0.25) is 0 Å². The Morgan fingerprint density at radius 1 is 0.640 bits per heavy atom. The van der Waals surface area contributed by atoms with Crippen LogP contribution in [0.15, 0.2) is 0 Å². The summed E-state index contributed by atoms with van der Waals surface area (Å²) in [5.74, 6) is 5.12. The summed E-state index contributed by atoms with van der Waals surface area (Å²) in [6.45, 7) is 15.9. The number of hydrogen-bond donors (Lipinski definition) is 0. The van der Waals surface area contributed by atoms with Gasteiger partial charge < -0.3 is 0 Å². The zero-order chi connectivity index (χ0) is 18.4. The van der Waals surface area contributed by atoms with Crippen LogP contribution in [0.3, 0.4) is 0 Å². The van der Waals surface area contributed by atoms with Crippen molar-refractivity contribution >= 4 is 0 Å². The second-order valence-corrected chi connectivity index (χ2v) is 9.29. The molecule has 2 aliphatic carbocycles. The molecule has 0 unspecified atom stereocenters. The standard InChI is InChI=1S/C15H28.C5H12.C4H10.CH4/c1-12-3-7-14(8-4-12)11-15-9-5-13(2)6-10-15;1-4-5(2)3;1-3-4-2;/h12-15H,3-11H2,1-2H3;5H,4H2,1-3H3;3-4H2,1-2H3;1H4. The molecule has 0 heterocycles. The van der Waals surface area contributed by atoms with Gasteiger partial charge in [0.1, 0.15) is 0 Å². The van der Waals surface area contributed by atoms with Crippen LogP contribution in [0.4, 0.5) is 0 Å². The first-order chi connectivity index (χ1) is 11.4. The summed E-state index contributed by atoms with van der Waals surface area (Å²) < 4.78 is 0. The highest BCUT2D eigenvalue weighted by atomic mass is 14.3. The molecule has 0 bridgehead atoms. The van der Waals surface area contributed by atoms with E-state index in [1.807, 2.05) is 0 Å². The van der Waals surface area contributed by atoms with Crippen LogP contribution in [-0.4, -0.2) is 0 Å². The third-order valence-corrected chi connectivity index (χ3v) is 6.25. The summed E-state index contributed by atoms with van der Waals surface area (Å²) in [6.07, 6.45) is 17.7. The van der Waals surface area contributed by atoms with Crippen molar-refractivity contribution in [3.8, 4) is 0 Å². The van der Waals surface area contributed by atoms with Crippen LogP contribution >= 0.6 is 0 Å². The molecule has 154 valence electrons. The molecule has 0 spiro atoms. The van der Waals surface area contributed by atoms with Crippen molar-refractivity contribution in [3.63, 3.8) is 0 Å². The summed E-state index contributed by atoms with van der Waals surface area (Å²) in [7, 11) is 0. The Kier molecular flexibility index (Phi) is 19.0. The van der Waals surface area contributed by atoms with Gasteiger partial charge in [0.05, 0.1) is 0 Å².